The standard InChI is InChI=1S/C19H20N4O4/c1-10(18(25)22-13-5-3-12(4-6-13)17(20)24)21-14-7-8-16-15(9-14)23-19(26)11(2)27-16/h3-11,21H,1-2H3,(H2,20,24)(H,22,25)(H,23,26). The maximum atomic E-state index is 12.4. The lowest BCUT2D eigenvalue weighted by Gasteiger charge is -2.24. The summed E-state index contributed by atoms with van der Waals surface area (Å²) in [4.78, 5) is 35.2. The lowest BCUT2D eigenvalue weighted by Crippen LogP contribution is -2.34. The first-order valence-electron chi connectivity index (χ1n) is 8.42. The van der Waals surface area contributed by atoms with Gasteiger partial charge in [-0.1, -0.05) is 0 Å². The van der Waals surface area contributed by atoms with Crippen molar-refractivity contribution in [3.63, 3.8) is 0 Å². The van der Waals surface area contributed by atoms with Crippen molar-refractivity contribution in [1.82, 2.24) is 0 Å². The van der Waals surface area contributed by atoms with E-state index in [0.29, 0.717) is 28.4 Å². The zero-order valence-electron chi connectivity index (χ0n) is 14.9. The number of hydrogen-bond acceptors (Lipinski definition) is 5. The highest BCUT2D eigenvalue weighted by molar-refractivity contribution is 5.99. The van der Waals surface area contributed by atoms with Crippen LogP contribution in [0.15, 0.2) is 42.5 Å². The number of rotatable bonds is 5. The predicted molar refractivity (Wildman–Crippen MR) is 102 cm³/mol. The highest BCUT2D eigenvalue weighted by Crippen LogP contribution is 2.32. The van der Waals surface area contributed by atoms with Crippen LogP contribution in [0.4, 0.5) is 17.1 Å². The van der Waals surface area contributed by atoms with Gasteiger partial charge in [0.15, 0.2) is 6.10 Å². The topological polar surface area (TPSA) is 123 Å². The monoisotopic (exact) mass is 368 g/mol. The van der Waals surface area contributed by atoms with Crippen molar-refractivity contribution in [2.75, 3.05) is 16.0 Å². The van der Waals surface area contributed by atoms with Crippen molar-refractivity contribution in [2.24, 2.45) is 5.73 Å². The maximum absolute atomic E-state index is 12.4. The van der Waals surface area contributed by atoms with Gasteiger partial charge in [-0.3, -0.25) is 14.4 Å². The highest BCUT2D eigenvalue weighted by Gasteiger charge is 2.24. The quantitative estimate of drug-likeness (QED) is 0.642. The van der Waals surface area contributed by atoms with Gasteiger partial charge in [0.05, 0.1) is 5.69 Å². The molecule has 1 aliphatic rings. The van der Waals surface area contributed by atoms with Gasteiger partial charge < -0.3 is 26.4 Å². The lowest BCUT2D eigenvalue weighted by atomic mass is 10.2. The third-order valence-electron chi connectivity index (χ3n) is 4.12. The van der Waals surface area contributed by atoms with Crippen LogP contribution >= 0.6 is 0 Å². The molecule has 0 aliphatic carbocycles. The van der Waals surface area contributed by atoms with Crippen LogP contribution in [0.5, 0.6) is 5.75 Å². The lowest BCUT2D eigenvalue weighted by molar-refractivity contribution is -0.122. The van der Waals surface area contributed by atoms with Gasteiger partial charge in [-0.15, -0.1) is 0 Å². The van der Waals surface area contributed by atoms with Gasteiger partial charge >= 0.3 is 0 Å². The molecular weight excluding hydrogens is 348 g/mol. The molecule has 0 spiro atoms. The molecule has 5 N–H and O–H groups in total. The summed E-state index contributed by atoms with van der Waals surface area (Å²) in [5, 5.41) is 8.59. The number of carbonyl (C=O) groups is 3. The van der Waals surface area contributed by atoms with Crippen molar-refractivity contribution in [3.05, 3.63) is 48.0 Å². The van der Waals surface area contributed by atoms with E-state index in [4.69, 9.17) is 10.5 Å². The second kappa shape index (κ2) is 7.36. The Balaban J connectivity index is 1.63. The number of hydrogen-bond donors (Lipinski definition) is 4. The van der Waals surface area contributed by atoms with Gasteiger partial charge in [0.1, 0.15) is 11.8 Å². The van der Waals surface area contributed by atoms with E-state index in [9.17, 15) is 14.4 Å². The summed E-state index contributed by atoms with van der Waals surface area (Å²) in [5.74, 6) is -0.418. The molecule has 1 heterocycles. The minimum atomic E-state index is -0.544. The molecule has 0 radical (unpaired) electrons. The van der Waals surface area contributed by atoms with E-state index in [1.807, 2.05) is 0 Å². The number of carbonyl (C=O) groups excluding carboxylic acids is 3. The molecule has 2 aromatic rings. The Kier molecular flexibility index (Phi) is 4.98. The molecule has 2 unspecified atom stereocenters. The average Bonchev–Trinajstić information content (AvgIpc) is 2.63. The number of benzene rings is 2. The molecule has 0 fully saturated rings. The summed E-state index contributed by atoms with van der Waals surface area (Å²) in [6, 6.07) is 11.0. The number of ether oxygens (including phenoxy) is 1. The van der Waals surface area contributed by atoms with Crippen molar-refractivity contribution in [3.8, 4) is 5.75 Å². The third-order valence-corrected chi connectivity index (χ3v) is 4.12. The van der Waals surface area contributed by atoms with Gasteiger partial charge in [-0.25, -0.2) is 0 Å². The van der Waals surface area contributed by atoms with Crippen LogP contribution in [-0.2, 0) is 9.59 Å². The normalized spacial score (nSPS) is 16.4. The third kappa shape index (κ3) is 4.17. The first kappa shape index (κ1) is 18.2. The van der Waals surface area contributed by atoms with Crippen molar-refractivity contribution >= 4 is 34.8 Å². The van der Waals surface area contributed by atoms with Crippen LogP contribution in [0.2, 0.25) is 0 Å². The molecule has 0 saturated carbocycles. The molecule has 2 aromatic carbocycles. The summed E-state index contributed by atoms with van der Waals surface area (Å²) in [6.07, 6.45) is -0.540. The van der Waals surface area contributed by atoms with Gasteiger partial charge in [0, 0.05) is 16.9 Å². The van der Waals surface area contributed by atoms with Gasteiger partial charge in [0.2, 0.25) is 11.8 Å². The minimum Gasteiger partial charge on any atom is -0.479 e. The Hall–Kier alpha value is -3.55. The van der Waals surface area contributed by atoms with E-state index in [-0.39, 0.29) is 11.8 Å². The number of amides is 3. The van der Waals surface area contributed by atoms with Crippen LogP contribution in [-0.4, -0.2) is 29.9 Å². The number of nitrogens with one attached hydrogen (secondary N) is 3. The first-order valence-corrected chi connectivity index (χ1v) is 8.42. The molecule has 3 amide bonds. The molecule has 27 heavy (non-hydrogen) atoms. The zero-order chi connectivity index (χ0) is 19.6. The van der Waals surface area contributed by atoms with E-state index in [1.165, 1.54) is 0 Å². The Labute approximate surface area is 156 Å². The summed E-state index contributed by atoms with van der Waals surface area (Å²) >= 11 is 0. The van der Waals surface area contributed by atoms with Crippen LogP contribution in [0, 0.1) is 0 Å². The predicted octanol–water partition coefficient (Wildman–Crippen LogP) is 1.94. The molecule has 0 bridgehead atoms. The van der Waals surface area contributed by atoms with Crippen molar-refractivity contribution < 1.29 is 19.1 Å². The van der Waals surface area contributed by atoms with Crippen LogP contribution in [0.1, 0.15) is 24.2 Å². The van der Waals surface area contributed by atoms with Crippen molar-refractivity contribution in [2.45, 2.75) is 26.0 Å². The Morgan fingerprint density at radius 2 is 1.81 bits per heavy atom. The van der Waals surface area contributed by atoms with Crippen LogP contribution in [0.25, 0.3) is 0 Å². The number of nitrogens with two attached hydrogens (primary N) is 1. The number of fused-ring (bicyclic) bond motifs is 1. The van der Waals surface area contributed by atoms with Crippen LogP contribution < -0.4 is 26.4 Å². The van der Waals surface area contributed by atoms with Gasteiger partial charge in [0.25, 0.3) is 5.91 Å². The molecule has 140 valence electrons. The SMILES string of the molecule is CC(Nc1ccc2c(c1)NC(=O)C(C)O2)C(=O)Nc1ccc(C(N)=O)cc1. The largest absolute Gasteiger partial charge is 0.479 e. The van der Waals surface area contributed by atoms with Gasteiger partial charge in [-0.2, -0.15) is 0 Å². The molecule has 8 heteroatoms. The Bertz CT molecular complexity index is 895. The summed E-state index contributed by atoms with van der Waals surface area (Å²) in [5.41, 5.74) is 7.33. The van der Waals surface area contributed by atoms with Crippen LogP contribution in [0.3, 0.4) is 0 Å². The van der Waals surface area contributed by atoms with Gasteiger partial charge in [-0.05, 0) is 56.3 Å². The van der Waals surface area contributed by atoms with E-state index < -0.39 is 18.1 Å². The average molecular weight is 368 g/mol. The zero-order valence-corrected chi connectivity index (χ0v) is 14.9. The Morgan fingerprint density at radius 1 is 1.15 bits per heavy atom. The molecule has 8 nitrogen and oxygen atoms in total. The van der Waals surface area contributed by atoms with Crippen molar-refractivity contribution in [1.29, 1.82) is 0 Å². The highest BCUT2D eigenvalue weighted by atomic mass is 16.5. The fourth-order valence-electron chi connectivity index (χ4n) is 2.58. The summed E-state index contributed by atoms with van der Waals surface area (Å²) in [7, 11) is 0. The molecule has 2 atom stereocenters. The Morgan fingerprint density at radius 3 is 2.48 bits per heavy atom. The summed E-state index contributed by atoms with van der Waals surface area (Å²) in [6.45, 7) is 3.39. The number of primary amides is 1. The number of anilines is 3. The molecule has 3 rings (SSSR count). The molecule has 0 saturated heterocycles. The fraction of sp³-hybridized carbons (Fsp3) is 0.211. The molecular formula is C19H20N4O4. The first-order chi connectivity index (χ1) is 12.8. The maximum Gasteiger partial charge on any atom is 0.265 e. The minimum absolute atomic E-state index is 0.218. The van der Waals surface area contributed by atoms with E-state index >= 15 is 0 Å². The molecule has 1 aliphatic heterocycles. The second-order valence-electron chi connectivity index (χ2n) is 6.26. The van der Waals surface area contributed by atoms with E-state index in [0.717, 1.165) is 0 Å². The fourth-order valence-corrected chi connectivity index (χ4v) is 2.58. The smallest absolute Gasteiger partial charge is 0.265 e. The van der Waals surface area contributed by atoms with E-state index in [1.54, 1.807) is 56.3 Å². The molecule has 0 aromatic heterocycles. The van der Waals surface area contributed by atoms with E-state index in [2.05, 4.69) is 16.0 Å². The second-order valence-corrected chi connectivity index (χ2v) is 6.26. The summed E-state index contributed by atoms with van der Waals surface area (Å²) < 4.78 is 5.50.